The molecule has 0 amide bonds. The molecule has 2 aliphatic heterocycles. The third-order valence-electron chi connectivity index (χ3n) is 5.43. The lowest BCUT2D eigenvalue weighted by Gasteiger charge is -2.39. The molecule has 2 aliphatic rings. The van der Waals surface area contributed by atoms with Crippen molar-refractivity contribution in [3.8, 4) is 0 Å². The molecule has 2 aromatic rings. The molecule has 1 N–H and O–H groups in total. The monoisotopic (exact) mass is 336 g/mol. The van der Waals surface area contributed by atoms with Gasteiger partial charge in [0.2, 0.25) is 0 Å². The summed E-state index contributed by atoms with van der Waals surface area (Å²) in [6.07, 6.45) is 7.18. The lowest BCUT2D eigenvalue weighted by atomic mass is 9.76. The maximum atomic E-state index is 12.9. The number of ether oxygens (including phenoxy) is 1. The van der Waals surface area contributed by atoms with Crippen molar-refractivity contribution < 1.29 is 14.3 Å². The maximum Gasteiger partial charge on any atom is 0.320 e. The van der Waals surface area contributed by atoms with Crippen LogP contribution in [0.1, 0.15) is 18.2 Å². The summed E-state index contributed by atoms with van der Waals surface area (Å²) in [6.45, 7) is 2.65. The van der Waals surface area contributed by atoms with Gasteiger partial charge in [0.25, 0.3) is 0 Å². The molecule has 2 atom stereocenters. The van der Waals surface area contributed by atoms with Gasteiger partial charge in [0.1, 0.15) is 5.41 Å². The largest absolute Gasteiger partial charge is 0.468 e. The normalized spacial score (nSPS) is 25.0. The van der Waals surface area contributed by atoms with Gasteiger partial charge in [-0.2, -0.15) is 0 Å². The van der Waals surface area contributed by atoms with Gasteiger partial charge in [0.15, 0.2) is 6.29 Å². The summed E-state index contributed by atoms with van der Waals surface area (Å²) in [7, 11) is 1.42. The first kappa shape index (κ1) is 15.7. The molecule has 0 unspecified atom stereocenters. The first-order valence-corrected chi connectivity index (χ1v) is 8.39. The molecule has 3 heterocycles. The summed E-state index contributed by atoms with van der Waals surface area (Å²) >= 11 is 0. The molecule has 0 fully saturated rings. The number of methoxy groups -OCH3 is 1. The van der Waals surface area contributed by atoms with Gasteiger partial charge in [-0.15, -0.1) is 0 Å². The maximum absolute atomic E-state index is 12.9. The molecule has 0 spiro atoms. The summed E-state index contributed by atoms with van der Waals surface area (Å²) < 4.78 is 5.19. The van der Waals surface area contributed by atoms with Crippen LogP contribution in [0.2, 0.25) is 0 Å². The third kappa shape index (κ3) is 2.15. The first-order valence-electron chi connectivity index (χ1n) is 8.39. The molecule has 5 nitrogen and oxygen atoms in total. The van der Waals surface area contributed by atoms with Gasteiger partial charge in [0, 0.05) is 34.9 Å². The van der Waals surface area contributed by atoms with Gasteiger partial charge in [-0.05, 0) is 25.0 Å². The van der Waals surface area contributed by atoms with Crippen LogP contribution >= 0.6 is 0 Å². The van der Waals surface area contributed by atoms with Crippen LogP contribution < -0.4 is 0 Å². The Labute approximate surface area is 146 Å². The Balaban J connectivity index is 1.96. The number of fused-ring (bicyclic) bond motifs is 4. The second-order valence-corrected chi connectivity index (χ2v) is 6.76. The number of nitrogens with one attached hydrogen (secondary N) is 1. The number of carbonyl (C=O) groups excluding carboxylic acids is 2. The number of rotatable bonds is 2. The van der Waals surface area contributed by atoms with E-state index in [0.29, 0.717) is 5.57 Å². The number of esters is 1. The Morgan fingerprint density at radius 3 is 2.96 bits per heavy atom. The topological polar surface area (TPSA) is 62.4 Å². The molecule has 1 aromatic carbocycles. The van der Waals surface area contributed by atoms with Crippen molar-refractivity contribution in [2.24, 2.45) is 0 Å². The van der Waals surface area contributed by atoms with E-state index >= 15 is 0 Å². The van der Waals surface area contributed by atoms with Crippen molar-refractivity contribution in [2.45, 2.75) is 24.8 Å². The van der Waals surface area contributed by atoms with Crippen LogP contribution in [-0.4, -0.2) is 41.8 Å². The van der Waals surface area contributed by atoms with Gasteiger partial charge in [-0.1, -0.05) is 30.4 Å². The van der Waals surface area contributed by atoms with E-state index in [-0.39, 0.29) is 12.0 Å². The van der Waals surface area contributed by atoms with Crippen LogP contribution in [0.4, 0.5) is 0 Å². The van der Waals surface area contributed by atoms with E-state index < -0.39 is 5.41 Å². The lowest BCUT2D eigenvalue weighted by molar-refractivity contribution is -0.148. The van der Waals surface area contributed by atoms with E-state index in [1.54, 1.807) is 6.08 Å². The second-order valence-electron chi connectivity index (χ2n) is 6.76. The quantitative estimate of drug-likeness (QED) is 0.676. The highest BCUT2D eigenvalue weighted by molar-refractivity contribution is 5.91. The molecule has 0 saturated heterocycles. The van der Waals surface area contributed by atoms with Crippen molar-refractivity contribution in [1.29, 1.82) is 0 Å². The van der Waals surface area contributed by atoms with Crippen molar-refractivity contribution in [2.75, 3.05) is 13.7 Å². The summed E-state index contributed by atoms with van der Waals surface area (Å²) in [5.41, 5.74) is 2.80. The fraction of sp³-hybridized carbons (Fsp3) is 0.300. The summed E-state index contributed by atoms with van der Waals surface area (Å²) in [5, 5.41) is 1.14. The minimum Gasteiger partial charge on any atom is -0.468 e. The van der Waals surface area contributed by atoms with E-state index in [2.05, 4.69) is 16.0 Å². The van der Waals surface area contributed by atoms with Crippen LogP contribution in [0.3, 0.4) is 0 Å². The average Bonchev–Trinajstić information content (AvgIpc) is 2.98. The first-order chi connectivity index (χ1) is 12.1. The van der Waals surface area contributed by atoms with Gasteiger partial charge < -0.3 is 14.6 Å². The highest BCUT2D eigenvalue weighted by atomic mass is 16.5. The summed E-state index contributed by atoms with van der Waals surface area (Å²) in [4.78, 5) is 29.6. The van der Waals surface area contributed by atoms with E-state index in [1.807, 2.05) is 37.4 Å². The predicted octanol–water partition coefficient (Wildman–Crippen LogP) is 2.48. The lowest BCUT2D eigenvalue weighted by Crippen LogP contribution is -2.51. The van der Waals surface area contributed by atoms with Crippen molar-refractivity contribution in [3.63, 3.8) is 0 Å². The van der Waals surface area contributed by atoms with Crippen molar-refractivity contribution in [3.05, 3.63) is 59.4 Å². The van der Waals surface area contributed by atoms with Crippen LogP contribution in [0.5, 0.6) is 0 Å². The van der Waals surface area contributed by atoms with Crippen molar-refractivity contribution in [1.82, 2.24) is 9.88 Å². The molecule has 25 heavy (non-hydrogen) atoms. The number of hydrogen-bond donors (Lipinski definition) is 1. The number of carbonyl (C=O) groups is 2. The van der Waals surface area contributed by atoms with E-state index in [1.165, 1.54) is 7.11 Å². The SMILES string of the molecule is COC(=O)[C@]1(C)c2[nH]c3ccccc3c2CCN2C=C(C=O)C=C[C@H]21. The van der Waals surface area contributed by atoms with Crippen LogP contribution in [0, 0.1) is 0 Å². The van der Waals surface area contributed by atoms with E-state index in [0.717, 1.165) is 41.4 Å². The molecule has 0 radical (unpaired) electrons. The highest BCUT2D eigenvalue weighted by Gasteiger charge is 2.50. The third-order valence-corrected chi connectivity index (χ3v) is 5.43. The second kappa shape index (κ2) is 5.62. The molecule has 0 bridgehead atoms. The Morgan fingerprint density at radius 1 is 1.40 bits per heavy atom. The van der Waals surface area contributed by atoms with Crippen LogP contribution in [0.15, 0.2) is 48.2 Å². The Bertz CT molecular complexity index is 924. The fourth-order valence-electron chi connectivity index (χ4n) is 4.15. The number of allylic oxidation sites excluding steroid dienone is 2. The number of benzene rings is 1. The van der Waals surface area contributed by atoms with E-state index in [4.69, 9.17) is 4.74 Å². The Hall–Kier alpha value is -2.82. The number of para-hydroxylation sites is 1. The minimum absolute atomic E-state index is 0.210. The van der Waals surface area contributed by atoms with Crippen molar-refractivity contribution >= 4 is 23.2 Å². The highest BCUT2D eigenvalue weighted by Crippen LogP contribution is 2.41. The molecular weight excluding hydrogens is 316 g/mol. The molecule has 128 valence electrons. The minimum atomic E-state index is -0.888. The smallest absolute Gasteiger partial charge is 0.320 e. The summed E-state index contributed by atoms with van der Waals surface area (Å²) in [5.74, 6) is -0.287. The molecule has 1 aromatic heterocycles. The van der Waals surface area contributed by atoms with Gasteiger partial charge in [-0.3, -0.25) is 9.59 Å². The number of aromatic amines is 1. The predicted molar refractivity (Wildman–Crippen MR) is 95.2 cm³/mol. The molecule has 0 saturated carbocycles. The average molecular weight is 336 g/mol. The molecular formula is C20H20N2O3. The zero-order chi connectivity index (χ0) is 17.6. The van der Waals surface area contributed by atoms with Crippen LogP contribution in [-0.2, 0) is 26.2 Å². The zero-order valence-corrected chi connectivity index (χ0v) is 14.3. The number of nitrogens with zero attached hydrogens (tertiary/aromatic N) is 1. The van der Waals surface area contributed by atoms with Gasteiger partial charge in [-0.25, -0.2) is 0 Å². The number of aromatic nitrogens is 1. The van der Waals surface area contributed by atoms with Gasteiger partial charge in [0.05, 0.1) is 13.2 Å². The standard InChI is InChI=1S/C20H20N2O3/c1-20(19(24)25-2)17-8-7-13(12-23)11-22(17)10-9-15-14-5-3-4-6-16(14)21-18(15)20/h3-8,11-12,17,21H,9-10H2,1-2H3/t17-,20-/m0/s1. The van der Waals surface area contributed by atoms with Crippen LogP contribution in [0.25, 0.3) is 10.9 Å². The van der Waals surface area contributed by atoms with Gasteiger partial charge >= 0.3 is 5.97 Å². The number of hydrogen-bond acceptors (Lipinski definition) is 4. The molecule has 4 rings (SSSR count). The molecule has 5 heteroatoms. The van der Waals surface area contributed by atoms with E-state index in [9.17, 15) is 9.59 Å². The fourth-order valence-corrected chi connectivity index (χ4v) is 4.15. The summed E-state index contributed by atoms with van der Waals surface area (Å²) in [6, 6.07) is 7.89. The molecule has 0 aliphatic carbocycles. The zero-order valence-electron chi connectivity index (χ0n) is 14.3. The number of aldehydes is 1. The Kier molecular flexibility index (Phi) is 3.53. The Morgan fingerprint density at radius 2 is 2.20 bits per heavy atom. The number of H-pyrrole nitrogens is 1.